The fourth-order valence-electron chi connectivity index (χ4n) is 2.05. The molecule has 0 aliphatic carbocycles. The van der Waals surface area contributed by atoms with Crippen molar-refractivity contribution in [2.24, 2.45) is 11.7 Å². The highest BCUT2D eigenvalue weighted by Crippen LogP contribution is 2.17. The molecule has 1 aromatic rings. The van der Waals surface area contributed by atoms with E-state index < -0.39 is 24.0 Å². The van der Waals surface area contributed by atoms with Crippen molar-refractivity contribution in [3.63, 3.8) is 0 Å². The molecule has 1 heterocycles. The summed E-state index contributed by atoms with van der Waals surface area (Å²) in [6.07, 6.45) is -0.525. The predicted molar refractivity (Wildman–Crippen MR) is 67.3 cm³/mol. The maximum Gasteiger partial charge on any atom is 0.410 e. The lowest BCUT2D eigenvalue weighted by molar-refractivity contribution is -0.141. The van der Waals surface area contributed by atoms with Crippen LogP contribution in [-0.2, 0) is 16.1 Å². The van der Waals surface area contributed by atoms with Crippen LogP contribution >= 0.6 is 0 Å². The molecule has 102 valence electrons. The summed E-state index contributed by atoms with van der Waals surface area (Å²) in [6, 6.07) is 8.75. The van der Waals surface area contributed by atoms with Crippen LogP contribution < -0.4 is 5.73 Å². The summed E-state index contributed by atoms with van der Waals surface area (Å²) < 4.78 is 5.13. The summed E-state index contributed by atoms with van der Waals surface area (Å²) >= 11 is 0. The smallest absolute Gasteiger partial charge is 0.410 e. The van der Waals surface area contributed by atoms with Crippen molar-refractivity contribution < 1.29 is 19.4 Å². The van der Waals surface area contributed by atoms with Crippen LogP contribution in [0.25, 0.3) is 0 Å². The van der Waals surface area contributed by atoms with E-state index in [0.29, 0.717) is 0 Å². The Morgan fingerprint density at radius 1 is 1.32 bits per heavy atom. The van der Waals surface area contributed by atoms with Gasteiger partial charge in [-0.3, -0.25) is 4.79 Å². The molecule has 2 rings (SSSR count). The molecule has 1 fully saturated rings. The maximum absolute atomic E-state index is 11.8. The van der Waals surface area contributed by atoms with Gasteiger partial charge in [0.1, 0.15) is 6.61 Å². The minimum absolute atomic E-state index is 0.101. The van der Waals surface area contributed by atoms with E-state index in [-0.39, 0.29) is 19.7 Å². The van der Waals surface area contributed by atoms with Crippen molar-refractivity contribution in [2.45, 2.75) is 12.6 Å². The van der Waals surface area contributed by atoms with Gasteiger partial charge in [0.25, 0.3) is 0 Å². The summed E-state index contributed by atoms with van der Waals surface area (Å²) in [7, 11) is 0. The zero-order valence-corrected chi connectivity index (χ0v) is 10.4. The number of carboxylic acids is 1. The number of nitrogens with zero attached hydrogens (tertiary/aromatic N) is 1. The van der Waals surface area contributed by atoms with Crippen LogP contribution in [0.2, 0.25) is 0 Å². The molecule has 0 radical (unpaired) electrons. The van der Waals surface area contributed by atoms with E-state index in [1.807, 2.05) is 30.3 Å². The Morgan fingerprint density at radius 3 is 2.58 bits per heavy atom. The number of hydrogen-bond acceptors (Lipinski definition) is 4. The van der Waals surface area contributed by atoms with Gasteiger partial charge in [0.2, 0.25) is 0 Å². The lowest BCUT2D eigenvalue weighted by atomic mass is 10.1. The number of carbonyl (C=O) groups excluding carboxylic acids is 1. The fourth-order valence-corrected chi connectivity index (χ4v) is 2.05. The molecule has 2 unspecified atom stereocenters. The second-order valence-corrected chi connectivity index (χ2v) is 4.55. The van der Waals surface area contributed by atoms with Crippen molar-refractivity contribution in [2.75, 3.05) is 13.1 Å². The van der Waals surface area contributed by atoms with Gasteiger partial charge < -0.3 is 20.5 Å². The molecule has 19 heavy (non-hydrogen) atoms. The quantitative estimate of drug-likeness (QED) is 0.836. The molecule has 0 saturated carbocycles. The van der Waals surface area contributed by atoms with Gasteiger partial charge >= 0.3 is 12.1 Å². The zero-order valence-electron chi connectivity index (χ0n) is 10.4. The molecule has 1 aliphatic rings. The molecule has 6 nitrogen and oxygen atoms in total. The first-order valence-corrected chi connectivity index (χ1v) is 6.02. The Bertz CT molecular complexity index is 463. The number of carbonyl (C=O) groups is 2. The van der Waals surface area contributed by atoms with Crippen LogP contribution in [0.5, 0.6) is 0 Å². The number of benzene rings is 1. The molecule has 1 aromatic carbocycles. The minimum atomic E-state index is -0.981. The highest BCUT2D eigenvalue weighted by atomic mass is 16.6. The number of aliphatic carboxylic acids is 1. The number of ether oxygens (including phenoxy) is 1. The van der Waals surface area contributed by atoms with E-state index in [2.05, 4.69) is 0 Å². The Balaban J connectivity index is 1.86. The third-order valence-electron chi connectivity index (χ3n) is 3.15. The topological polar surface area (TPSA) is 92.9 Å². The molecule has 6 heteroatoms. The number of nitrogens with two attached hydrogens (primary N) is 1. The van der Waals surface area contributed by atoms with Crippen LogP contribution in [0.1, 0.15) is 5.56 Å². The van der Waals surface area contributed by atoms with Crippen LogP contribution in [0, 0.1) is 5.92 Å². The highest BCUT2D eigenvalue weighted by molar-refractivity contribution is 5.75. The van der Waals surface area contributed by atoms with E-state index in [0.717, 1.165) is 5.56 Å². The van der Waals surface area contributed by atoms with Gasteiger partial charge in [-0.2, -0.15) is 0 Å². The van der Waals surface area contributed by atoms with E-state index in [1.165, 1.54) is 4.90 Å². The van der Waals surface area contributed by atoms with Crippen LogP contribution in [0.15, 0.2) is 30.3 Å². The van der Waals surface area contributed by atoms with Crippen LogP contribution in [0.4, 0.5) is 4.79 Å². The fraction of sp³-hybridized carbons (Fsp3) is 0.385. The molecule has 1 amide bonds. The molecule has 0 spiro atoms. The molecular weight excluding hydrogens is 248 g/mol. The monoisotopic (exact) mass is 264 g/mol. The second-order valence-electron chi connectivity index (χ2n) is 4.55. The molecular formula is C13H16N2O4. The summed E-state index contributed by atoms with van der Waals surface area (Å²) in [4.78, 5) is 24.0. The van der Waals surface area contributed by atoms with Crippen LogP contribution in [0.3, 0.4) is 0 Å². The first-order chi connectivity index (χ1) is 9.08. The molecule has 0 bridgehead atoms. The molecule has 2 atom stereocenters. The van der Waals surface area contributed by atoms with Crippen molar-refractivity contribution in [3.8, 4) is 0 Å². The average molecular weight is 264 g/mol. The van der Waals surface area contributed by atoms with Crippen LogP contribution in [-0.4, -0.2) is 41.2 Å². The minimum Gasteiger partial charge on any atom is -0.481 e. The SMILES string of the molecule is NC1CN(C(=O)OCc2ccccc2)CC1C(=O)O. The van der Waals surface area contributed by atoms with Gasteiger partial charge in [-0.1, -0.05) is 30.3 Å². The first kappa shape index (κ1) is 13.4. The number of likely N-dealkylation sites (tertiary alicyclic amines) is 1. The Labute approximate surface area is 110 Å². The zero-order chi connectivity index (χ0) is 13.8. The molecule has 1 aliphatic heterocycles. The van der Waals surface area contributed by atoms with Gasteiger partial charge in [0, 0.05) is 19.1 Å². The largest absolute Gasteiger partial charge is 0.481 e. The van der Waals surface area contributed by atoms with Gasteiger partial charge in [-0.15, -0.1) is 0 Å². The third kappa shape index (κ3) is 3.23. The number of hydrogen-bond donors (Lipinski definition) is 2. The van der Waals surface area contributed by atoms with Gasteiger partial charge in [-0.25, -0.2) is 4.79 Å². The van der Waals surface area contributed by atoms with E-state index in [4.69, 9.17) is 15.6 Å². The molecule has 3 N–H and O–H groups in total. The van der Waals surface area contributed by atoms with Crippen molar-refractivity contribution in [3.05, 3.63) is 35.9 Å². The van der Waals surface area contributed by atoms with E-state index in [1.54, 1.807) is 0 Å². The van der Waals surface area contributed by atoms with Crippen molar-refractivity contribution >= 4 is 12.1 Å². The summed E-state index contributed by atoms with van der Waals surface area (Å²) in [6.45, 7) is 0.484. The van der Waals surface area contributed by atoms with Crippen molar-refractivity contribution in [1.29, 1.82) is 0 Å². The third-order valence-corrected chi connectivity index (χ3v) is 3.15. The van der Waals surface area contributed by atoms with Crippen molar-refractivity contribution in [1.82, 2.24) is 4.90 Å². The Kier molecular flexibility index (Phi) is 4.01. The van der Waals surface area contributed by atoms with E-state index in [9.17, 15) is 9.59 Å². The highest BCUT2D eigenvalue weighted by Gasteiger charge is 2.38. The molecule has 0 aromatic heterocycles. The Morgan fingerprint density at radius 2 is 2.00 bits per heavy atom. The number of rotatable bonds is 3. The lowest BCUT2D eigenvalue weighted by Gasteiger charge is -2.15. The number of carboxylic acid groups (broad SMARTS) is 1. The van der Waals surface area contributed by atoms with Gasteiger partial charge in [0.15, 0.2) is 0 Å². The second kappa shape index (κ2) is 5.71. The summed E-state index contributed by atoms with van der Waals surface area (Å²) in [5.41, 5.74) is 6.57. The standard InChI is InChI=1S/C13H16N2O4/c14-11-7-15(6-10(11)12(16)17)13(18)19-8-9-4-2-1-3-5-9/h1-5,10-11H,6-8,14H2,(H,16,17). The number of amides is 1. The predicted octanol–water partition coefficient (Wildman–Crippen LogP) is 0.667. The Hall–Kier alpha value is -2.08. The summed E-state index contributed by atoms with van der Waals surface area (Å²) in [5, 5.41) is 8.93. The normalized spacial score (nSPS) is 22.3. The van der Waals surface area contributed by atoms with Gasteiger partial charge in [0.05, 0.1) is 5.92 Å². The first-order valence-electron chi connectivity index (χ1n) is 6.02. The van der Waals surface area contributed by atoms with Gasteiger partial charge in [-0.05, 0) is 5.56 Å². The van der Waals surface area contributed by atoms with E-state index >= 15 is 0 Å². The summed E-state index contributed by atoms with van der Waals surface area (Å²) in [5.74, 6) is -1.70. The lowest BCUT2D eigenvalue weighted by Crippen LogP contribution is -2.34. The maximum atomic E-state index is 11.8. The average Bonchev–Trinajstić information content (AvgIpc) is 2.79. The molecule has 1 saturated heterocycles.